The van der Waals surface area contributed by atoms with Crippen molar-refractivity contribution < 1.29 is 51.3 Å². The molecule has 10 rings (SSSR count). The first-order valence-corrected chi connectivity index (χ1v) is 27.2. The van der Waals surface area contributed by atoms with Crippen LogP contribution in [-0.4, -0.2) is 119 Å². The molecule has 3 atom stereocenters. The van der Waals surface area contributed by atoms with Crippen molar-refractivity contribution >= 4 is 46.1 Å². The molecule has 6 heterocycles. The zero-order valence-corrected chi connectivity index (χ0v) is 44.5. The maximum Gasteiger partial charge on any atom is 0.253 e. The highest BCUT2D eigenvalue weighted by Crippen LogP contribution is 2.57. The van der Waals surface area contributed by atoms with Gasteiger partial charge in [-0.15, -0.1) is 0 Å². The van der Waals surface area contributed by atoms with E-state index >= 15 is 17.6 Å². The Morgan fingerprint density at radius 3 is 2.32 bits per heavy atom. The second kappa shape index (κ2) is 21.9. The number of piperidine rings is 3. The second-order valence-electron chi connectivity index (χ2n) is 21.9. The van der Waals surface area contributed by atoms with E-state index in [2.05, 4.69) is 37.9 Å². The van der Waals surface area contributed by atoms with E-state index in [4.69, 9.17) is 21.1 Å². The summed E-state index contributed by atoms with van der Waals surface area (Å²) in [6.07, 6.45) is 7.15. The van der Waals surface area contributed by atoms with Crippen LogP contribution in [0.15, 0.2) is 48.7 Å². The van der Waals surface area contributed by atoms with Crippen LogP contribution in [-0.2, 0) is 27.0 Å². The molecule has 410 valence electrons. The van der Waals surface area contributed by atoms with Crippen LogP contribution in [0.3, 0.4) is 0 Å². The second-order valence-corrected chi connectivity index (χ2v) is 22.3. The molecule has 4 fully saturated rings. The van der Waals surface area contributed by atoms with Crippen LogP contribution in [0.1, 0.15) is 129 Å². The lowest BCUT2D eigenvalue weighted by molar-refractivity contribution is -0.145. The number of benzene rings is 3. The molecule has 20 heteroatoms. The number of pyridine rings is 1. The summed E-state index contributed by atoms with van der Waals surface area (Å²) in [5.74, 6) is -6.26. The minimum absolute atomic E-state index is 0.0123. The van der Waals surface area contributed by atoms with Crippen LogP contribution in [0.2, 0.25) is 5.02 Å². The molecule has 1 unspecified atom stereocenters. The Morgan fingerprint density at radius 2 is 1.65 bits per heavy atom. The van der Waals surface area contributed by atoms with Crippen molar-refractivity contribution in [3.05, 3.63) is 105 Å². The summed E-state index contributed by atoms with van der Waals surface area (Å²) in [6.45, 7) is 7.08. The van der Waals surface area contributed by atoms with E-state index in [1.165, 1.54) is 23.9 Å². The number of amides is 4. The van der Waals surface area contributed by atoms with E-state index in [0.29, 0.717) is 76.2 Å². The molecule has 15 nitrogen and oxygen atoms in total. The van der Waals surface area contributed by atoms with Crippen LogP contribution in [0.25, 0.3) is 22.0 Å². The molecule has 5 aromatic rings. The summed E-state index contributed by atoms with van der Waals surface area (Å²) in [5.41, 5.74) is -0.591. The van der Waals surface area contributed by atoms with Crippen LogP contribution < -0.4 is 25.4 Å². The van der Waals surface area contributed by atoms with Crippen LogP contribution in [0.4, 0.5) is 17.6 Å². The largest absolute Gasteiger partial charge is 0.480 e. The number of aryl methyl sites for hydroxylation is 1. The lowest BCUT2D eigenvalue weighted by Gasteiger charge is -2.43. The van der Waals surface area contributed by atoms with Crippen molar-refractivity contribution in [1.82, 2.24) is 40.5 Å². The fourth-order valence-corrected chi connectivity index (χ4v) is 13.2. The maximum absolute atomic E-state index is 16.6. The number of fused-ring (bicyclic) bond motifs is 2. The number of aliphatic hydroxyl groups excluding tert-OH is 1. The van der Waals surface area contributed by atoms with Gasteiger partial charge in [0.15, 0.2) is 17.2 Å². The van der Waals surface area contributed by atoms with Gasteiger partial charge in [0.05, 0.1) is 28.8 Å². The highest BCUT2D eigenvalue weighted by atomic mass is 35.5. The monoisotopic (exact) mass is 1080 g/mol. The number of aliphatic hydroxyl groups is 1. The van der Waals surface area contributed by atoms with E-state index in [1.807, 2.05) is 42.2 Å². The summed E-state index contributed by atoms with van der Waals surface area (Å²) in [7, 11) is 2.97. The smallest absolute Gasteiger partial charge is 0.253 e. The summed E-state index contributed by atoms with van der Waals surface area (Å²) in [4.78, 5) is 60.4. The topological polar surface area (TPSA) is 180 Å². The van der Waals surface area contributed by atoms with Gasteiger partial charge < -0.3 is 35.0 Å². The van der Waals surface area contributed by atoms with Gasteiger partial charge in [0.1, 0.15) is 29.5 Å². The predicted molar refractivity (Wildman–Crippen MR) is 280 cm³/mol. The Balaban J connectivity index is 0.755. The standard InChI is InChI=1S/C57H65ClF4N8O7/c1-31-43-41(27-40(60)47(58)46(43)45-38(52(73)63-3)28-64-54(49(45)62)76-25-24-71)77-57(31,34-8-6-5-7-9-34)30-65-35-12-18-56(2,19-13-35)55(75)70-22-14-32(15-23-70)29-69-20-16-33(17-21-69)44-39(59)26-37-50(67-68(4)51(37)48(44)61)36-10-11-42(72)66-53(36)74/h5-9,26-28,31-33,35-36,65,71H,10-25,29-30H2,1-4H3,(H,63,73)(H,66,72,74)/t31-,35?,36?,56?,57-/m0/s1. The van der Waals surface area contributed by atoms with Gasteiger partial charge >= 0.3 is 0 Å². The Morgan fingerprint density at radius 1 is 0.935 bits per heavy atom. The first kappa shape index (κ1) is 54.2. The molecule has 0 spiro atoms. The third-order valence-electron chi connectivity index (χ3n) is 17.3. The number of nitrogens with zero attached hydrogens (tertiary/aromatic N) is 5. The lowest BCUT2D eigenvalue weighted by Crippen LogP contribution is -2.51. The van der Waals surface area contributed by atoms with Crippen molar-refractivity contribution in [2.24, 2.45) is 18.4 Å². The lowest BCUT2D eigenvalue weighted by atomic mass is 9.72. The van der Waals surface area contributed by atoms with E-state index in [0.717, 1.165) is 31.1 Å². The number of nitrogens with one attached hydrogen (secondary N) is 3. The van der Waals surface area contributed by atoms with E-state index in [-0.39, 0.29) is 94.4 Å². The number of hydrogen-bond donors (Lipinski definition) is 4. The average molecular weight is 1090 g/mol. The number of carbonyl (C=O) groups is 4. The molecule has 3 saturated heterocycles. The number of likely N-dealkylation sites (tertiary alicyclic amines) is 2. The highest BCUT2D eigenvalue weighted by Gasteiger charge is 2.51. The number of ether oxygens (including phenoxy) is 2. The van der Waals surface area contributed by atoms with Gasteiger partial charge in [-0.05, 0) is 94.3 Å². The van der Waals surface area contributed by atoms with Crippen molar-refractivity contribution in [3.63, 3.8) is 0 Å². The molecular formula is C57H65ClF4N8O7. The summed E-state index contributed by atoms with van der Waals surface area (Å²) in [5, 5.41) is 22.2. The van der Waals surface area contributed by atoms with Gasteiger partial charge in [-0.25, -0.2) is 22.5 Å². The van der Waals surface area contributed by atoms with E-state index < -0.39 is 75.4 Å². The number of hydrogen-bond acceptors (Lipinski definition) is 11. The maximum atomic E-state index is 16.6. The molecule has 0 bridgehead atoms. The van der Waals surface area contributed by atoms with Crippen molar-refractivity contribution in [2.45, 2.75) is 107 Å². The van der Waals surface area contributed by atoms with Gasteiger partial charge in [-0.2, -0.15) is 5.10 Å². The molecule has 4 N–H and O–H groups in total. The fourth-order valence-electron chi connectivity index (χ4n) is 12.9. The van der Waals surface area contributed by atoms with Crippen molar-refractivity contribution in [2.75, 3.05) is 59.5 Å². The van der Waals surface area contributed by atoms with Crippen LogP contribution in [0.5, 0.6) is 11.6 Å². The summed E-state index contributed by atoms with van der Waals surface area (Å²) in [6, 6.07) is 12.0. The third-order valence-corrected chi connectivity index (χ3v) is 17.6. The minimum atomic E-state index is -1.14. The van der Waals surface area contributed by atoms with E-state index in [9.17, 15) is 24.3 Å². The number of halogens is 5. The van der Waals surface area contributed by atoms with Crippen LogP contribution in [0, 0.1) is 34.6 Å². The summed E-state index contributed by atoms with van der Waals surface area (Å²) >= 11 is 6.77. The molecule has 1 saturated carbocycles. The van der Waals surface area contributed by atoms with Crippen molar-refractivity contribution in [1.29, 1.82) is 0 Å². The quantitative estimate of drug-likeness (QED) is 0.0623. The predicted octanol–water partition coefficient (Wildman–Crippen LogP) is 8.14. The van der Waals surface area contributed by atoms with E-state index in [1.54, 1.807) is 7.05 Å². The fraction of sp³-hybridized carbons (Fsp3) is 0.509. The number of aromatic nitrogens is 3. The Labute approximate surface area is 449 Å². The minimum Gasteiger partial charge on any atom is -0.480 e. The normalized spacial score (nSPS) is 24.4. The molecular weight excluding hydrogens is 1020 g/mol. The zero-order valence-electron chi connectivity index (χ0n) is 43.8. The summed E-state index contributed by atoms with van der Waals surface area (Å²) < 4.78 is 78.4. The number of imide groups is 1. The molecule has 1 aliphatic carbocycles. The molecule has 0 radical (unpaired) electrons. The Bertz CT molecular complexity index is 3100. The zero-order chi connectivity index (χ0) is 54.5. The van der Waals surface area contributed by atoms with Gasteiger partial charge in [-0.3, -0.25) is 29.2 Å². The average Bonchev–Trinajstić information content (AvgIpc) is 4.11. The number of rotatable bonds is 14. The van der Waals surface area contributed by atoms with Gasteiger partial charge in [0.25, 0.3) is 11.8 Å². The Hall–Kier alpha value is -6.15. The van der Waals surface area contributed by atoms with Gasteiger partial charge in [0, 0.05) is 104 Å². The SMILES string of the molecule is CNC(=O)c1cnc(OCCO)c(F)c1-c1c(Cl)c(F)cc2c1[C@H](C)[C@@](CNC1CCC(C)(C(=O)N3CCC(CN4CCC(c5c(F)cc6c(C7CCC(=O)NC7=O)nn(C)c6c5F)CC4)CC3)CC1)(c1ccccc1)O2. The first-order chi connectivity index (χ1) is 37.0. The third kappa shape index (κ3) is 10.1. The van der Waals surface area contributed by atoms with Gasteiger partial charge in [-0.1, -0.05) is 55.8 Å². The van der Waals surface area contributed by atoms with Crippen LogP contribution >= 0.6 is 11.6 Å². The van der Waals surface area contributed by atoms with Gasteiger partial charge in [0.2, 0.25) is 17.7 Å². The number of carbonyl (C=O) groups excluding carboxylic acids is 4. The molecule has 5 aliphatic rings. The molecule has 77 heavy (non-hydrogen) atoms. The first-order valence-electron chi connectivity index (χ1n) is 26.8. The van der Waals surface area contributed by atoms with Crippen molar-refractivity contribution in [3.8, 4) is 22.8 Å². The molecule has 3 aromatic carbocycles. The molecule has 2 aromatic heterocycles. The molecule has 4 amide bonds. The highest BCUT2D eigenvalue weighted by molar-refractivity contribution is 6.34. The Kier molecular flexibility index (Phi) is 15.4. The molecule has 4 aliphatic heterocycles.